The van der Waals surface area contributed by atoms with E-state index in [0.717, 1.165) is 11.3 Å². The van der Waals surface area contributed by atoms with Crippen LogP contribution in [-0.4, -0.2) is 19.0 Å². The molecule has 0 aliphatic carbocycles. The molecule has 0 aliphatic rings. The van der Waals surface area contributed by atoms with E-state index < -0.39 is 5.97 Å². The molecule has 1 N–H and O–H groups in total. The number of carbonyl (C=O) groups excluding carboxylic acids is 2. The van der Waals surface area contributed by atoms with Crippen molar-refractivity contribution in [3.05, 3.63) is 64.7 Å². The molecule has 0 fully saturated rings. The maximum Gasteiger partial charge on any atom is 0.338 e. The molecule has 0 unspecified atom stereocenters. The monoisotopic (exact) mass is 297 g/mol. The second kappa shape index (κ2) is 6.89. The van der Waals surface area contributed by atoms with Crippen LogP contribution in [0.5, 0.6) is 0 Å². The lowest BCUT2D eigenvalue weighted by Crippen LogP contribution is -2.17. The lowest BCUT2D eigenvalue weighted by Gasteiger charge is -2.10. The van der Waals surface area contributed by atoms with Crippen molar-refractivity contribution in [3.8, 4) is 0 Å². The fourth-order valence-corrected chi connectivity index (χ4v) is 2.18. The molecule has 4 heteroatoms. The Bertz CT molecular complexity index is 707. The largest absolute Gasteiger partial charge is 0.465 e. The molecule has 0 heterocycles. The number of carbonyl (C=O) groups is 2. The van der Waals surface area contributed by atoms with Gasteiger partial charge in [-0.1, -0.05) is 24.3 Å². The summed E-state index contributed by atoms with van der Waals surface area (Å²) in [6.07, 6.45) is 0.123. The Kier molecular flexibility index (Phi) is 4.94. The van der Waals surface area contributed by atoms with Crippen LogP contribution in [-0.2, 0) is 16.0 Å². The second-order valence-electron chi connectivity index (χ2n) is 5.17. The van der Waals surface area contributed by atoms with Gasteiger partial charge in [0.05, 0.1) is 19.1 Å². The van der Waals surface area contributed by atoms with E-state index in [-0.39, 0.29) is 12.3 Å². The lowest BCUT2D eigenvalue weighted by molar-refractivity contribution is -0.115. The molecule has 0 aromatic heterocycles. The molecule has 114 valence electrons. The van der Waals surface area contributed by atoms with Crippen LogP contribution in [0.3, 0.4) is 0 Å². The van der Waals surface area contributed by atoms with Crippen molar-refractivity contribution in [1.29, 1.82) is 0 Å². The smallest absolute Gasteiger partial charge is 0.338 e. The van der Waals surface area contributed by atoms with E-state index in [1.807, 2.05) is 32.0 Å². The van der Waals surface area contributed by atoms with Crippen LogP contribution >= 0.6 is 0 Å². The van der Waals surface area contributed by atoms with Crippen LogP contribution in [0.2, 0.25) is 0 Å². The van der Waals surface area contributed by atoms with Crippen LogP contribution < -0.4 is 5.32 Å². The molecular weight excluding hydrogens is 278 g/mol. The number of nitrogens with one attached hydrogen (secondary N) is 1. The highest BCUT2D eigenvalue weighted by molar-refractivity contribution is 5.96. The van der Waals surface area contributed by atoms with Crippen LogP contribution in [0, 0.1) is 13.8 Å². The van der Waals surface area contributed by atoms with Gasteiger partial charge in [-0.2, -0.15) is 0 Å². The zero-order valence-electron chi connectivity index (χ0n) is 13.0. The van der Waals surface area contributed by atoms with Crippen molar-refractivity contribution in [3.63, 3.8) is 0 Å². The summed E-state index contributed by atoms with van der Waals surface area (Å²) in [5, 5.41) is 2.85. The fraction of sp³-hybridized carbons (Fsp3) is 0.222. The van der Waals surface area contributed by atoms with Gasteiger partial charge in [0.2, 0.25) is 5.91 Å². The van der Waals surface area contributed by atoms with Gasteiger partial charge < -0.3 is 10.1 Å². The van der Waals surface area contributed by atoms with Crippen molar-refractivity contribution >= 4 is 17.6 Å². The molecule has 1 amide bonds. The summed E-state index contributed by atoms with van der Waals surface area (Å²) < 4.78 is 4.74. The van der Waals surface area contributed by atoms with Crippen molar-refractivity contribution in [2.45, 2.75) is 20.3 Å². The molecule has 0 spiro atoms. The number of esters is 1. The standard InChI is InChI=1S/C18H19NO3/c1-12-8-9-15(10-13(12)2)19-17(20)11-14-6-4-5-7-16(14)18(21)22-3/h4-10H,11H2,1-3H3,(H,19,20). The van der Waals surface area contributed by atoms with E-state index in [9.17, 15) is 9.59 Å². The van der Waals surface area contributed by atoms with E-state index >= 15 is 0 Å². The van der Waals surface area contributed by atoms with Crippen molar-refractivity contribution in [2.24, 2.45) is 0 Å². The van der Waals surface area contributed by atoms with Crippen molar-refractivity contribution < 1.29 is 14.3 Å². The average Bonchev–Trinajstić information content (AvgIpc) is 2.50. The van der Waals surface area contributed by atoms with Gasteiger partial charge in [-0.05, 0) is 48.7 Å². The first-order valence-electron chi connectivity index (χ1n) is 7.04. The van der Waals surface area contributed by atoms with E-state index in [0.29, 0.717) is 11.1 Å². The van der Waals surface area contributed by atoms with Gasteiger partial charge in [-0.25, -0.2) is 4.79 Å². The zero-order chi connectivity index (χ0) is 16.1. The molecule has 0 bridgehead atoms. The first-order chi connectivity index (χ1) is 10.5. The van der Waals surface area contributed by atoms with Crippen LogP contribution in [0.1, 0.15) is 27.0 Å². The number of benzene rings is 2. The number of anilines is 1. The van der Waals surface area contributed by atoms with Gasteiger partial charge in [0, 0.05) is 5.69 Å². The minimum Gasteiger partial charge on any atom is -0.465 e. The molecule has 0 atom stereocenters. The molecule has 22 heavy (non-hydrogen) atoms. The number of ether oxygens (including phenoxy) is 1. The Morgan fingerprint density at radius 2 is 1.77 bits per heavy atom. The highest BCUT2D eigenvalue weighted by Gasteiger charge is 2.14. The first kappa shape index (κ1) is 15.8. The summed E-state index contributed by atoms with van der Waals surface area (Å²) >= 11 is 0. The Morgan fingerprint density at radius 1 is 1.05 bits per heavy atom. The quantitative estimate of drug-likeness (QED) is 0.881. The van der Waals surface area contributed by atoms with E-state index in [4.69, 9.17) is 4.74 Å². The Labute approximate surface area is 130 Å². The zero-order valence-corrected chi connectivity index (χ0v) is 13.0. The number of methoxy groups -OCH3 is 1. The molecule has 2 aromatic rings. The van der Waals surface area contributed by atoms with E-state index in [2.05, 4.69) is 5.32 Å². The minimum atomic E-state index is -0.436. The van der Waals surface area contributed by atoms with Gasteiger partial charge in [-0.15, -0.1) is 0 Å². The summed E-state index contributed by atoms with van der Waals surface area (Å²) in [7, 11) is 1.33. The molecule has 0 saturated heterocycles. The van der Waals surface area contributed by atoms with Gasteiger partial charge in [0.15, 0.2) is 0 Å². The normalized spacial score (nSPS) is 10.1. The summed E-state index contributed by atoms with van der Waals surface area (Å²) in [4.78, 5) is 23.9. The summed E-state index contributed by atoms with van der Waals surface area (Å²) in [5.41, 5.74) is 4.11. The molecule has 0 aliphatic heterocycles. The molecule has 4 nitrogen and oxygen atoms in total. The van der Waals surface area contributed by atoms with Crippen molar-refractivity contribution in [2.75, 3.05) is 12.4 Å². The predicted octanol–water partition coefficient (Wildman–Crippen LogP) is 3.27. The molecule has 0 radical (unpaired) electrons. The Balaban J connectivity index is 2.12. The van der Waals surface area contributed by atoms with Gasteiger partial charge in [0.1, 0.15) is 0 Å². The van der Waals surface area contributed by atoms with Crippen molar-refractivity contribution in [1.82, 2.24) is 0 Å². The molecule has 2 rings (SSSR count). The van der Waals surface area contributed by atoms with Crippen LogP contribution in [0.4, 0.5) is 5.69 Å². The topological polar surface area (TPSA) is 55.4 Å². The van der Waals surface area contributed by atoms with Gasteiger partial charge in [-0.3, -0.25) is 4.79 Å². The number of amides is 1. The second-order valence-corrected chi connectivity index (χ2v) is 5.17. The molecule has 2 aromatic carbocycles. The lowest BCUT2D eigenvalue weighted by atomic mass is 10.0. The number of aryl methyl sites for hydroxylation is 2. The summed E-state index contributed by atoms with van der Waals surface area (Å²) in [6, 6.07) is 12.7. The number of hydrogen-bond donors (Lipinski definition) is 1. The Hall–Kier alpha value is -2.62. The average molecular weight is 297 g/mol. The maximum atomic E-state index is 12.2. The molecular formula is C18H19NO3. The fourth-order valence-electron chi connectivity index (χ4n) is 2.18. The third-order valence-corrected chi connectivity index (χ3v) is 3.56. The molecule has 0 saturated carbocycles. The Morgan fingerprint density at radius 3 is 2.45 bits per heavy atom. The highest BCUT2D eigenvalue weighted by Crippen LogP contribution is 2.16. The predicted molar refractivity (Wildman–Crippen MR) is 86.0 cm³/mol. The van der Waals surface area contributed by atoms with Gasteiger partial charge in [0.25, 0.3) is 0 Å². The third-order valence-electron chi connectivity index (χ3n) is 3.56. The van der Waals surface area contributed by atoms with Gasteiger partial charge >= 0.3 is 5.97 Å². The summed E-state index contributed by atoms with van der Waals surface area (Å²) in [5.74, 6) is -0.603. The summed E-state index contributed by atoms with van der Waals surface area (Å²) in [6.45, 7) is 4.02. The van der Waals surface area contributed by atoms with E-state index in [1.165, 1.54) is 12.7 Å². The van der Waals surface area contributed by atoms with Crippen LogP contribution in [0.15, 0.2) is 42.5 Å². The highest BCUT2D eigenvalue weighted by atomic mass is 16.5. The van der Waals surface area contributed by atoms with E-state index in [1.54, 1.807) is 24.3 Å². The first-order valence-corrected chi connectivity index (χ1v) is 7.04. The number of rotatable bonds is 4. The number of hydrogen-bond acceptors (Lipinski definition) is 3. The minimum absolute atomic E-state index is 0.123. The maximum absolute atomic E-state index is 12.2. The SMILES string of the molecule is COC(=O)c1ccccc1CC(=O)Nc1ccc(C)c(C)c1. The third kappa shape index (κ3) is 3.73. The van der Waals surface area contributed by atoms with Crippen LogP contribution in [0.25, 0.3) is 0 Å².